The van der Waals surface area contributed by atoms with Gasteiger partial charge in [0, 0.05) is 30.7 Å². The average molecular weight is 433 g/mol. The van der Waals surface area contributed by atoms with Gasteiger partial charge in [0.25, 0.3) is 11.5 Å². The van der Waals surface area contributed by atoms with E-state index >= 15 is 0 Å². The van der Waals surface area contributed by atoms with E-state index in [1.54, 1.807) is 18.3 Å². The highest BCUT2D eigenvalue weighted by molar-refractivity contribution is 6.00. The van der Waals surface area contributed by atoms with Crippen LogP contribution in [-0.4, -0.2) is 29.8 Å². The second kappa shape index (κ2) is 10.8. The molecule has 2 aromatic carbocycles. The van der Waals surface area contributed by atoms with Gasteiger partial charge in [0.05, 0.1) is 23.5 Å². The molecule has 0 spiro atoms. The van der Waals surface area contributed by atoms with E-state index in [-0.39, 0.29) is 23.5 Å². The van der Waals surface area contributed by atoms with Crippen LogP contribution in [0.5, 0.6) is 0 Å². The second-order valence-electron chi connectivity index (χ2n) is 6.95. The molecule has 0 aliphatic rings. The van der Waals surface area contributed by atoms with Crippen LogP contribution in [0, 0.1) is 11.2 Å². The minimum Gasteiger partial charge on any atom is -0.361 e. The summed E-state index contributed by atoms with van der Waals surface area (Å²) in [6.45, 7) is 0.702. The fourth-order valence-electron chi connectivity index (χ4n) is 3.03. The number of anilines is 1. The molecule has 32 heavy (non-hydrogen) atoms. The molecular formula is C24H24FN5O2. The van der Waals surface area contributed by atoms with Crippen molar-refractivity contribution in [3.8, 4) is 5.69 Å². The lowest BCUT2D eigenvalue weighted by Gasteiger charge is -2.10. The Balaban J connectivity index is 1.61. The van der Waals surface area contributed by atoms with Crippen LogP contribution < -0.4 is 21.5 Å². The maximum Gasteiger partial charge on any atom is 0.255 e. The van der Waals surface area contributed by atoms with E-state index in [4.69, 9.17) is 5.41 Å². The van der Waals surface area contributed by atoms with E-state index in [1.807, 2.05) is 31.3 Å². The Labute approximate surface area is 185 Å². The smallest absolute Gasteiger partial charge is 0.255 e. The number of amides is 1. The van der Waals surface area contributed by atoms with Gasteiger partial charge in [-0.15, -0.1) is 0 Å². The molecule has 164 valence electrons. The number of hydrogen-bond acceptors (Lipinski definition) is 5. The number of halogens is 1. The van der Waals surface area contributed by atoms with Crippen molar-refractivity contribution in [3.05, 3.63) is 106 Å². The molecule has 1 amide bonds. The van der Waals surface area contributed by atoms with Crippen molar-refractivity contribution in [2.45, 2.75) is 6.54 Å². The number of rotatable bonds is 9. The molecule has 0 saturated carbocycles. The Hall–Kier alpha value is -4.04. The number of nitrogens with one attached hydrogen (secondary N) is 4. The largest absolute Gasteiger partial charge is 0.361 e. The summed E-state index contributed by atoms with van der Waals surface area (Å²) in [6, 6.07) is 16.2. The molecule has 8 heteroatoms. The first-order valence-corrected chi connectivity index (χ1v) is 9.98. The van der Waals surface area contributed by atoms with Gasteiger partial charge in [0.1, 0.15) is 5.82 Å². The number of para-hydroxylation sites is 2. The van der Waals surface area contributed by atoms with Gasteiger partial charge >= 0.3 is 0 Å². The molecule has 0 bridgehead atoms. The third-order valence-corrected chi connectivity index (χ3v) is 4.63. The fourth-order valence-corrected chi connectivity index (χ4v) is 3.03. The van der Waals surface area contributed by atoms with Crippen LogP contribution in [0.4, 0.5) is 10.1 Å². The monoisotopic (exact) mass is 433 g/mol. The van der Waals surface area contributed by atoms with Crippen molar-refractivity contribution in [1.82, 2.24) is 15.2 Å². The number of benzene rings is 2. The molecule has 0 fully saturated rings. The summed E-state index contributed by atoms with van der Waals surface area (Å²) in [4.78, 5) is 24.6. The Morgan fingerprint density at radius 3 is 2.62 bits per heavy atom. The Morgan fingerprint density at radius 1 is 1.09 bits per heavy atom. The predicted molar refractivity (Wildman–Crippen MR) is 124 cm³/mol. The molecule has 3 rings (SSSR count). The number of pyridine rings is 1. The van der Waals surface area contributed by atoms with Gasteiger partial charge in [0.2, 0.25) is 0 Å². The maximum atomic E-state index is 14.0. The third-order valence-electron chi connectivity index (χ3n) is 4.63. The summed E-state index contributed by atoms with van der Waals surface area (Å²) in [5, 5.41) is 16.9. The van der Waals surface area contributed by atoms with Gasteiger partial charge in [-0.3, -0.25) is 14.2 Å². The van der Waals surface area contributed by atoms with Gasteiger partial charge in [-0.25, -0.2) is 4.39 Å². The minimum absolute atomic E-state index is 0.00595. The molecular weight excluding hydrogens is 409 g/mol. The van der Waals surface area contributed by atoms with Gasteiger partial charge in [-0.2, -0.15) is 0 Å². The van der Waals surface area contributed by atoms with E-state index in [2.05, 4.69) is 16.0 Å². The van der Waals surface area contributed by atoms with Gasteiger partial charge in [-0.1, -0.05) is 30.3 Å². The number of hydrogen-bond donors (Lipinski definition) is 4. The summed E-state index contributed by atoms with van der Waals surface area (Å²) >= 11 is 0. The van der Waals surface area contributed by atoms with Crippen molar-refractivity contribution < 1.29 is 9.18 Å². The van der Waals surface area contributed by atoms with E-state index in [9.17, 15) is 14.0 Å². The number of aromatic nitrogens is 1. The zero-order chi connectivity index (χ0) is 22.9. The lowest BCUT2D eigenvalue weighted by atomic mass is 10.2. The van der Waals surface area contributed by atoms with Gasteiger partial charge in [-0.05, 0) is 43.0 Å². The van der Waals surface area contributed by atoms with Crippen molar-refractivity contribution in [2.75, 3.05) is 18.9 Å². The van der Waals surface area contributed by atoms with Crippen LogP contribution in [0.25, 0.3) is 5.69 Å². The van der Waals surface area contributed by atoms with E-state index in [1.165, 1.54) is 36.5 Å². The Bertz CT molecular complexity index is 1200. The predicted octanol–water partition coefficient (Wildman–Crippen LogP) is 3.07. The highest BCUT2D eigenvalue weighted by atomic mass is 19.1. The highest BCUT2D eigenvalue weighted by Crippen LogP contribution is 2.14. The van der Waals surface area contributed by atoms with Crippen LogP contribution in [0.2, 0.25) is 0 Å². The Kier molecular flexibility index (Phi) is 7.66. The molecule has 0 aliphatic carbocycles. The number of nitrogens with zero attached hydrogens (tertiary/aromatic N) is 1. The highest BCUT2D eigenvalue weighted by Gasteiger charge is 2.11. The molecule has 7 nitrogen and oxygen atoms in total. The Morgan fingerprint density at radius 2 is 1.84 bits per heavy atom. The van der Waals surface area contributed by atoms with Crippen molar-refractivity contribution in [3.63, 3.8) is 0 Å². The first-order chi connectivity index (χ1) is 15.5. The lowest BCUT2D eigenvalue weighted by molar-refractivity contribution is 0.0958. The number of carbonyl (C=O) groups excluding carboxylic acids is 1. The fraction of sp³-hybridized carbons (Fsp3) is 0.125. The van der Waals surface area contributed by atoms with Gasteiger partial charge < -0.3 is 21.4 Å². The standard InChI is InChI=1S/C24H24FN5O2/c1-27-14-17-6-2-4-8-21(17)28-13-12-19(26)15-29-24(32)18-10-11-23(31)30(16-18)22-9-5-3-7-20(22)25/h2-13,16,26-28H,14-15H2,1H3,(H,29,32)/b13-12-,26-19?. The van der Waals surface area contributed by atoms with Crippen LogP contribution in [0.3, 0.4) is 0 Å². The molecule has 4 N–H and O–H groups in total. The maximum absolute atomic E-state index is 14.0. The lowest BCUT2D eigenvalue weighted by Crippen LogP contribution is -2.30. The zero-order valence-corrected chi connectivity index (χ0v) is 17.6. The van der Waals surface area contributed by atoms with E-state index in [0.717, 1.165) is 15.8 Å². The molecule has 0 atom stereocenters. The van der Waals surface area contributed by atoms with Crippen LogP contribution in [0.15, 0.2) is 83.9 Å². The first kappa shape index (κ1) is 22.6. The molecule has 0 radical (unpaired) electrons. The minimum atomic E-state index is -0.567. The number of carbonyl (C=O) groups is 1. The third kappa shape index (κ3) is 5.77. The molecule has 3 aromatic rings. The van der Waals surface area contributed by atoms with Crippen LogP contribution >= 0.6 is 0 Å². The molecule has 0 aliphatic heterocycles. The average Bonchev–Trinajstić information content (AvgIpc) is 2.79. The van der Waals surface area contributed by atoms with Crippen molar-refractivity contribution >= 4 is 17.3 Å². The molecule has 1 heterocycles. The van der Waals surface area contributed by atoms with Crippen LogP contribution in [-0.2, 0) is 6.54 Å². The summed E-state index contributed by atoms with van der Waals surface area (Å²) in [5.41, 5.74) is 1.98. The topological polar surface area (TPSA) is 99.0 Å². The van der Waals surface area contributed by atoms with E-state index < -0.39 is 17.3 Å². The summed E-state index contributed by atoms with van der Waals surface area (Å²) < 4.78 is 15.1. The molecule has 1 aromatic heterocycles. The van der Waals surface area contributed by atoms with Crippen LogP contribution in [0.1, 0.15) is 15.9 Å². The normalized spacial score (nSPS) is 10.8. The van der Waals surface area contributed by atoms with E-state index in [0.29, 0.717) is 6.54 Å². The summed E-state index contributed by atoms with van der Waals surface area (Å²) in [5.74, 6) is -1.04. The first-order valence-electron chi connectivity index (χ1n) is 9.98. The quantitative estimate of drug-likeness (QED) is 0.390. The zero-order valence-electron chi connectivity index (χ0n) is 17.6. The SMILES string of the molecule is CNCc1ccccc1N/C=C\C(=N)CNC(=O)c1ccc(=O)n(-c2ccccc2F)c1. The van der Waals surface area contributed by atoms with Crippen molar-refractivity contribution in [1.29, 1.82) is 5.41 Å². The van der Waals surface area contributed by atoms with Gasteiger partial charge in [0.15, 0.2) is 0 Å². The summed E-state index contributed by atoms with van der Waals surface area (Å²) in [7, 11) is 1.87. The second-order valence-corrected chi connectivity index (χ2v) is 6.95. The molecule has 0 unspecified atom stereocenters. The van der Waals surface area contributed by atoms with Crippen molar-refractivity contribution in [2.24, 2.45) is 0 Å². The summed E-state index contributed by atoms with van der Waals surface area (Å²) in [6.07, 6.45) is 4.48. The molecule has 0 saturated heterocycles.